The second-order valence-corrected chi connectivity index (χ2v) is 14.9. The monoisotopic (exact) mass is 722 g/mol. The molecule has 4 aromatic rings. The highest BCUT2D eigenvalue weighted by Gasteiger charge is 2.29. The summed E-state index contributed by atoms with van der Waals surface area (Å²) in [4.78, 5) is 0. The third-order valence-electron chi connectivity index (χ3n) is 9.22. The van der Waals surface area contributed by atoms with Gasteiger partial charge in [-0.3, -0.25) is 0 Å². The average molecular weight is 723 g/mol. The summed E-state index contributed by atoms with van der Waals surface area (Å²) in [5, 5.41) is 9.63. The molecule has 0 fully saturated rings. The van der Waals surface area contributed by atoms with Crippen LogP contribution < -0.4 is 0 Å². The Morgan fingerprint density at radius 2 is 0.887 bits per heavy atom. The highest BCUT2D eigenvalue weighted by atomic mass is 16.5. The molecule has 0 unspecified atom stereocenters. The van der Waals surface area contributed by atoms with Gasteiger partial charge in [0.25, 0.3) is 0 Å². The molecule has 0 spiro atoms. The summed E-state index contributed by atoms with van der Waals surface area (Å²) in [6.07, 6.45) is 4.37. The van der Waals surface area contributed by atoms with Crippen LogP contribution in [0.3, 0.4) is 0 Å². The molecule has 6 atom stereocenters. The molecule has 0 saturated heterocycles. The van der Waals surface area contributed by atoms with Crippen LogP contribution >= 0.6 is 0 Å². The van der Waals surface area contributed by atoms with Crippen LogP contribution in [0, 0.1) is 23.7 Å². The molecular weight excluding hydrogens is 657 g/mol. The highest BCUT2D eigenvalue weighted by molar-refractivity contribution is 5.18. The van der Waals surface area contributed by atoms with Crippen LogP contribution in [-0.2, 0) is 45.0 Å². The predicted octanol–water partition coefficient (Wildman–Crippen LogP) is 10.6. The number of rotatable bonds is 23. The second kappa shape index (κ2) is 25.4. The van der Waals surface area contributed by atoms with Crippen molar-refractivity contribution >= 4 is 0 Å². The average Bonchev–Trinajstić information content (AvgIpc) is 3.17. The third-order valence-corrected chi connectivity index (χ3v) is 9.22. The topological polar surface area (TPSA) is 57.2 Å². The van der Waals surface area contributed by atoms with Crippen LogP contribution in [0.4, 0.5) is 0 Å². The molecule has 4 aromatic carbocycles. The fraction of sp³-hybridized carbons (Fsp3) is 0.458. The molecule has 53 heavy (non-hydrogen) atoms. The van der Waals surface area contributed by atoms with Crippen LogP contribution in [0.1, 0.15) is 70.2 Å². The van der Waals surface area contributed by atoms with E-state index in [1.165, 1.54) is 16.7 Å². The number of hydrogen-bond acceptors (Lipinski definition) is 5. The second-order valence-electron chi connectivity index (χ2n) is 14.9. The molecule has 0 amide bonds. The highest BCUT2D eigenvalue weighted by Crippen LogP contribution is 2.25. The van der Waals surface area contributed by atoms with Gasteiger partial charge in [-0.2, -0.15) is 0 Å². The molecule has 0 bridgehead atoms. The van der Waals surface area contributed by atoms with E-state index < -0.39 is 0 Å². The molecular formula is C48H66O5. The Hall–Kier alpha value is -3.58. The van der Waals surface area contributed by atoms with Crippen LogP contribution in [0.2, 0.25) is 0 Å². The Morgan fingerprint density at radius 1 is 0.509 bits per heavy atom. The first-order valence-corrected chi connectivity index (χ1v) is 19.6. The van der Waals surface area contributed by atoms with Crippen molar-refractivity contribution in [1.29, 1.82) is 0 Å². The van der Waals surface area contributed by atoms with Gasteiger partial charge in [0.05, 0.1) is 37.6 Å². The number of hydrogen-bond donors (Lipinski definition) is 1. The van der Waals surface area contributed by atoms with Crippen molar-refractivity contribution in [3.8, 4) is 0 Å². The summed E-state index contributed by atoms with van der Waals surface area (Å²) in [5.74, 6) is 1.37. The van der Waals surface area contributed by atoms with Gasteiger partial charge in [0.15, 0.2) is 0 Å². The maximum atomic E-state index is 9.63. The SMILES string of the molecule is C=C[C@H](Cc1ccccc1)[C@@H](OCC(C)C)[C@H](C)OCc1ccccc1.CC(C)CO[C@H]([C@H](CCO)Cc1ccccc1)[C@H](C)OCc1ccccc1. The van der Waals surface area contributed by atoms with Gasteiger partial charge in [-0.1, -0.05) is 155 Å². The molecule has 4 rings (SSSR count). The summed E-state index contributed by atoms with van der Waals surface area (Å²) < 4.78 is 24.9. The van der Waals surface area contributed by atoms with E-state index in [4.69, 9.17) is 18.9 Å². The molecule has 0 heterocycles. The normalized spacial score (nSPS) is 14.8. The standard InChI is InChI=1S/C24H34O3.C24H32O2/c1-19(2)17-27-24(20(3)26-18-22-12-8-5-9-13-22)23(14-15-25)16-21-10-6-4-7-11-21;1-5-23(16-21-12-8-6-9-13-21)24(26-17-19(2)3)20(4)25-18-22-14-10-7-11-15-22/h4-13,19-20,23-25H,14-18H2,1-3H3;5-15,19-20,23-24H,1,16-18H2,2-4H3/t2*20-,23+,24-/m00/s1. The third kappa shape index (κ3) is 17.4. The molecule has 0 saturated carbocycles. The van der Waals surface area contributed by atoms with Crippen molar-refractivity contribution in [2.45, 2.75) is 98.4 Å². The van der Waals surface area contributed by atoms with Gasteiger partial charge in [-0.15, -0.1) is 6.58 Å². The first-order chi connectivity index (χ1) is 25.7. The Balaban J connectivity index is 0.000000286. The van der Waals surface area contributed by atoms with Gasteiger partial charge in [-0.25, -0.2) is 0 Å². The minimum absolute atomic E-state index is 0.0133. The quantitative estimate of drug-likeness (QED) is 0.0773. The number of aliphatic hydroxyl groups is 1. The van der Waals surface area contributed by atoms with E-state index in [1.54, 1.807) is 0 Å². The summed E-state index contributed by atoms with van der Waals surface area (Å²) >= 11 is 0. The van der Waals surface area contributed by atoms with Crippen molar-refractivity contribution in [2.24, 2.45) is 23.7 Å². The summed E-state index contributed by atoms with van der Waals surface area (Å²) in [6, 6.07) is 41.4. The van der Waals surface area contributed by atoms with E-state index in [-0.39, 0.29) is 42.9 Å². The minimum atomic E-state index is -0.0523. The van der Waals surface area contributed by atoms with E-state index in [1.807, 2.05) is 54.6 Å². The van der Waals surface area contributed by atoms with Crippen LogP contribution in [0.15, 0.2) is 134 Å². The number of ether oxygens (including phenoxy) is 4. The van der Waals surface area contributed by atoms with Gasteiger partial charge in [0.2, 0.25) is 0 Å². The fourth-order valence-corrected chi connectivity index (χ4v) is 6.35. The van der Waals surface area contributed by atoms with E-state index in [9.17, 15) is 5.11 Å². The molecule has 0 radical (unpaired) electrons. The number of aliphatic hydroxyl groups excluding tert-OH is 1. The smallest absolute Gasteiger partial charge is 0.0899 e. The van der Waals surface area contributed by atoms with Crippen molar-refractivity contribution < 1.29 is 24.1 Å². The Morgan fingerprint density at radius 3 is 1.28 bits per heavy atom. The Bertz CT molecular complexity index is 1460. The largest absolute Gasteiger partial charge is 0.396 e. The van der Waals surface area contributed by atoms with Gasteiger partial charge < -0.3 is 24.1 Å². The lowest BCUT2D eigenvalue weighted by molar-refractivity contribution is -0.104. The first-order valence-electron chi connectivity index (χ1n) is 19.6. The molecule has 0 aromatic heterocycles. The van der Waals surface area contributed by atoms with Crippen LogP contribution in [0.25, 0.3) is 0 Å². The lowest BCUT2D eigenvalue weighted by Crippen LogP contribution is -2.38. The fourth-order valence-electron chi connectivity index (χ4n) is 6.35. The van der Waals surface area contributed by atoms with Crippen LogP contribution in [0.5, 0.6) is 0 Å². The molecule has 1 N–H and O–H groups in total. The number of benzene rings is 4. The lowest BCUT2D eigenvalue weighted by Gasteiger charge is -2.32. The minimum Gasteiger partial charge on any atom is -0.396 e. The maximum absolute atomic E-state index is 9.63. The van der Waals surface area contributed by atoms with Gasteiger partial charge in [-0.05, 0) is 73.1 Å². The maximum Gasteiger partial charge on any atom is 0.0899 e. The van der Waals surface area contributed by atoms with E-state index in [0.717, 1.165) is 25.0 Å². The van der Waals surface area contributed by atoms with Crippen molar-refractivity contribution in [1.82, 2.24) is 0 Å². The zero-order valence-electron chi connectivity index (χ0n) is 33.2. The van der Waals surface area contributed by atoms with Crippen molar-refractivity contribution in [2.75, 3.05) is 19.8 Å². The van der Waals surface area contributed by atoms with Crippen molar-refractivity contribution in [3.05, 3.63) is 156 Å². The first kappa shape index (κ1) is 43.8. The zero-order valence-corrected chi connectivity index (χ0v) is 33.2. The molecule has 0 aliphatic heterocycles. The van der Waals surface area contributed by atoms with Crippen LogP contribution in [-0.4, -0.2) is 49.3 Å². The zero-order chi connectivity index (χ0) is 38.3. The van der Waals surface area contributed by atoms with Crippen molar-refractivity contribution in [3.63, 3.8) is 0 Å². The molecule has 288 valence electrons. The van der Waals surface area contributed by atoms with E-state index in [0.29, 0.717) is 38.1 Å². The molecule has 5 nitrogen and oxygen atoms in total. The Labute approximate surface area is 321 Å². The van der Waals surface area contributed by atoms with E-state index >= 15 is 0 Å². The summed E-state index contributed by atoms with van der Waals surface area (Å²) in [6.45, 7) is 19.7. The summed E-state index contributed by atoms with van der Waals surface area (Å²) in [5.41, 5.74) is 4.91. The van der Waals surface area contributed by atoms with Gasteiger partial charge in [0, 0.05) is 25.7 Å². The molecule has 0 aliphatic rings. The lowest BCUT2D eigenvalue weighted by atomic mass is 9.88. The predicted molar refractivity (Wildman–Crippen MR) is 220 cm³/mol. The summed E-state index contributed by atoms with van der Waals surface area (Å²) in [7, 11) is 0. The molecule has 0 aliphatic carbocycles. The molecule has 5 heteroatoms. The Kier molecular flexibility index (Phi) is 21.0. The van der Waals surface area contributed by atoms with Gasteiger partial charge >= 0.3 is 0 Å². The van der Waals surface area contributed by atoms with Gasteiger partial charge in [0.1, 0.15) is 0 Å². The van der Waals surface area contributed by atoms with E-state index in [2.05, 4.69) is 121 Å².